The van der Waals surface area contributed by atoms with Gasteiger partial charge in [0, 0.05) is 38.8 Å². The Hall–Kier alpha value is -3.09. The zero-order chi connectivity index (χ0) is 27.4. The number of hydrogen-bond acceptors (Lipinski definition) is 7. The summed E-state index contributed by atoms with van der Waals surface area (Å²) in [5.74, 6) is -0.760. The quantitative estimate of drug-likeness (QED) is 0.266. The lowest BCUT2D eigenvalue weighted by Crippen LogP contribution is -2.39. The molecule has 5 rings (SSSR count). The van der Waals surface area contributed by atoms with E-state index in [1.54, 1.807) is 41.3 Å². The maximum Gasteiger partial charge on any atom is 0.264 e. The van der Waals surface area contributed by atoms with Crippen molar-refractivity contribution < 1.29 is 22.3 Å². The molecule has 0 aliphatic carbocycles. The van der Waals surface area contributed by atoms with Gasteiger partial charge >= 0.3 is 0 Å². The van der Waals surface area contributed by atoms with Crippen molar-refractivity contribution in [2.75, 3.05) is 55.6 Å². The summed E-state index contributed by atoms with van der Waals surface area (Å²) in [4.78, 5) is 22.1. The smallest absolute Gasteiger partial charge is 0.264 e. The average Bonchev–Trinajstić information content (AvgIpc) is 3.41. The van der Waals surface area contributed by atoms with Crippen LogP contribution in [0.1, 0.15) is 16.8 Å². The highest BCUT2D eigenvalue weighted by atomic mass is 35.5. The molecule has 1 amide bonds. The number of sulfonamides is 1. The van der Waals surface area contributed by atoms with Gasteiger partial charge in [0.15, 0.2) is 5.13 Å². The van der Waals surface area contributed by atoms with Crippen LogP contribution in [-0.4, -0.2) is 70.6 Å². The van der Waals surface area contributed by atoms with E-state index in [1.165, 1.54) is 53.0 Å². The molecule has 0 N–H and O–H groups in total. The summed E-state index contributed by atoms with van der Waals surface area (Å²) < 4.78 is 48.0. The summed E-state index contributed by atoms with van der Waals surface area (Å²) in [6, 6.07) is 19.4. The molecular weight excluding hydrogens is 575 g/mol. The second kappa shape index (κ2) is 13.0. The highest BCUT2D eigenvalue weighted by Crippen LogP contribution is 2.31. The minimum Gasteiger partial charge on any atom is -0.379 e. The molecule has 1 aliphatic rings. The topological polar surface area (TPSA) is 83.1 Å². The van der Waals surface area contributed by atoms with E-state index in [0.717, 1.165) is 19.6 Å². The molecule has 1 aromatic heterocycles. The molecule has 0 radical (unpaired) electrons. The van der Waals surface area contributed by atoms with Gasteiger partial charge in [0.1, 0.15) is 11.3 Å². The fraction of sp³-hybridized carbons (Fsp3) is 0.286. The van der Waals surface area contributed by atoms with Gasteiger partial charge in [-0.15, -0.1) is 12.4 Å². The fourth-order valence-electron chi connectivity index (χ4n) is 4.44. The Kier molecular flexibility index (Phi) is 9.75. The number of anilines is 2. The molecule has 40 heavy (non-hydrogen) atoms. The highest BCUT2D eigenvalue weighted by Gasteiger charge is 2.25. The summed E-state index contributed by atoms with van der Waals surface area (Å²) in [6.07, 6.45) is 0.693. The third kappa shape index (κ3) is 6.45. The van der Waals surface area contributed by atoms with Gasteiger partial charge in [-0.3, -0.25) is 18.9 Å². The molecule has 1 saturated heterocycles. The first-order valence-electron chi connectivity index (χ1n) is 12.7. The van der Waals surface area contributed by atoms with E-state index in [1.807, 2.05) is 6.07 Å². The molecule has 0 unspecified atom stereocenters. The van der Waals surface area contributed by atoms with Gasteiger partial charge in [0.05, 0.1) is 28.5 Å². The molecular formula is C28H30ClFN4O4S2. The monoisotopic (exact) mass is 604 g/mol. The summed E-state index contributed by atoms with van der Waals surface area (Å²) in [7, 11) is -2.32. The SMILES string of the molecule is CN(c1ccccc1)S(=O)(=O)c1ccc(C(=O)N(CCCN2CCOCC2)c2nc3c(F)cccc3s2)cc1.Cl. The summed E-state index contributed by atoms with van der Waals surface area (Å²) in [5, 5.41) is 0.405. The predicted octanol–water partition coefficient (Wildman–Crippen LogP) is 5.05. The molecule has 8 nitrogen and oxygen atoms in total. The van der Waals surface area contributed by atoms with Gasteiger partial charge in [-0.2, -0.15) is 0 Å². The van der Waals surface area contributed by atoms with E-state index in [2.05, 4.69) is 9.88 Å². The van der Waals surface area contributed by atoms with Crippen molar-refractivity contribution in [1.29, 1.82) is 0 Å². The van der Waals surface area contributed by atoms with Gasteiger partial charge in [0.25, 0.3) is 15.9 Å². The molecule has 0 bridgehead atoms. The molecule has 1 aliphatic heterocycles. The van der Waals surface area contributed by atoms with E-state index in [9.17, 15) is 17.6 Å². The van der Waals surface area contributed by atoms with Crippen LogP contribution < -0.4 is 9.21 Å². The molecule has 12 heteroatoms. The van der Waals surface area contributed by atoms with Crippen molar-refractivity contribution in [1.82, 2.24) is 9.88 Å². The number of amides is 1. The first-order chi connectivity index (χ1) is 18.8. The Bertz CT molecular complexity index is 1550. The first kappa shape index (κ1) is 29.9. The number of thiazole rings is 1. The second-order valence-electron chi connectivity index (χ2n) is 9.18. The van der Waals surface area contributed by atoms with Crippen molar-refractivity contribution in [3.8, 4) is 0 Å². The Morgan fingerprint density at radius 2 is 1.73 bits per heavy atom. The highest BCUT2D eigenvalue weighted by molar-refractivity contribution is 7.92. The standard InChI is InChI=1S/C28H29FN4O4S2.ClH/c1-31(22-7-3-2-4-8-22)39(35,36)23-13-11-21(12-14-23)27(34)33(16-6-15-32-17-19-37-20-18-32)28-30-26-24(29)9-5-10-25(26)38-28;/h2-5,7-14H,6,15-20H2,1H3;1H. The van der Waals surface area contributed by atoms with Crippen molar-refractivity contribution in [2.24, 2.45) is 0 Å². The number of hydrogen-bond donors (Lipinski definition) is 0. The van der Waals surface area contributed by atoms with Crippen LogP contribution in [-0.2, 0) is 14.8 Å². The van der Waals surface area contributed by atoms with E-state index in [0.29, 0.717) is 47.3 Å². The maximum absolute atomic E-state index is 14.4. The molecule has 2 heterocycles. The van der Waals surface area contributed by atoms with Crippen LogP contribution in [0.15, 0.2) is 77.7 Å². The first-order valence-corrected chi connectivity index (χ1v) is 14.9. The Balaban J connectivity index is 0.00000370. The van der Waals surface area contributed by atoms with Crippen LogP contribution in [0.5, 0.6) is 0 Å². The Morgan fingerprint density at radius 1 is 1.02 bits per heavy atom. The summed E-state index contributed by atoms with van der Waals surface area (Å²) in [5.41, 5.74) is 1.09. The molecule has 0 saturated carbocycles. The Morgan fingerprint density at radius 3 is 2.40 bits per heavy atom. The third-order valence-corrected chi connectivity index (χ3v) is 9.52. The van der Waals surface area contributed by atoms with Crippen LogP contribution in [0.25, 0.3) is 10.2 Å². The van der Waals surface area contributed by atoms with E-state index in [-0.39, 0.29) is 28.7 Å². The number of carbonyl (C=O) groups is 1. The lowest BCUT2D eigenvalue weighted by molar-refractivity contribution is 0.0376. The predicted molar refractivity (Wildman–Crippen MR) is 159 cm³/mol. The van der Waals surface area contributed by atoms with Crippen LogP contribution in [0.3, 0.4) is 0 Å². The Labute approximate surface area is 243 Å². The van der Waals surface area contributed by atoms with Crippen LogP contribution in [0, 0.1) is 5.82 Å². The number of halogens is 2. The van der Waals surface area contributed by atoms with Gasteiger partial charge in [-0.1, -0.05) is 35.6 Å². The number of benzene rings is 3. The second-order valence-corrected chi connectivity index (χ2v) is 12.2. The minimum absolute atomic E-state index is 0. The van der Waals surface area contributed by atoms with Gasteiger partial charge in [0.2, 0.25) is 0 Å². The summed E-state index contributed by atoms with van der Waals surface area (Å²) >= 11 is 1.26. The number of fused-ring (bicyclic) bond motifs is 1. The van der Waals surface area contributed by atoms with E-state index in [4.69, 9.17) is 4.74 Å². The number of aromatic nitrogens is 1. The molecule has 0 atom stereocenters. The zero-order valence-electron chi connectivity index (χ0n) is 21.9. The largest absolute Gasteiger partial charge is 0.379 e. The maximum atomic E-state index is 14.4. The van der Waals surface area contributed by atoms with Gasteiger partial charge in [-0.25, -0.2) is 17.8 Å². The van der Waals surface area contributed by atoms with Gasteiger partial charge in [-0.05, 0) is 55.0 Å². The number of morpholine rings is 1. The third-order valence-electron chi connectivity index (χ3n) is 6.67. The number of carbonyl (C=O) groups excluding carboxylic acids is 1. The van der Waals surface area contributed by atoms with Crippen molar-refractivity contribution in [3.05, 3.63) is 84.2 Å². The molecule has 4 aromatic rings. The fourth-order valence-corrected chi connectivity index (χ4v) is 6.64. The number of para-hydroxylation sites is 2. The molecule has 1 fully saturated rings. The van der Waals surface area contributed by atoms with Crippen LogP contribution in [0.2, 0.25) is 0 Å². The van der Waals surface area contributed by atoms with Crippen molar-refractivity contribution in [3.63, 3.8) is 0 Å². The van der Waals surface area contributed by atoms with Crippen molar-refractivity contribution >= 4 is 60.7 Å². The van der Waals surface area contributed by atoms with Crippen molar-refractivity contribution in [2.45, 2.75) is 11.3 Å². The van der Waals surface area contributed by atoms with Crippen LogP contribution in [0.4, 0.5) is 15.2 Å². The average molecular weight is 605 g/mol. The lowest BCUT2D eigenvalue weighted by atomic mass is 10.2. The normalized spacial score (nSPS) is 14.1. The van der Waals surface area contributed by atoms with E-state index >= 15 is 0 Å². The number of ether oxygens (including phenoxy) is 1. The zero-order valence-corrected chi connectivity index (χ0v) is 24.4. The van der Waals surface area contributed by atoms with E-state index < -0.39 is 15.8 Å². The molecule has 0 spiro atoms. The lowest BCUT2D eigenvalue weighted by Gasteiger charge is -2.27. The summed E-state index contributed by atoms with van der Waals surface area (Å²) in [6.45, 7) is 4.23. The minimum atomic E-state index is -3.81. The number of nitrogens with zero attached hydrogens (tertiary/aromatic N) is 4. The molecule has 3 aromatic carbocycles. The molecule has 212 valence electrons. The number of rotatable bonds is 9. The van der Waals surface area contributed by atoms with Crippen LogP contribution >= 0.6 is 23.7 Å². The van der Waals surface area contributed by atoms with Gasteiger partial charge < -0.3 is 4.74 Å².